The highest BCUT2D eigenvalue weighted by atomic mass is 16.4. The predicted molar refractivity (Wildman–Crippen MR) is 82.4 cm³/mol. The molecular formula is C16H24N2O3. The van der Waals surface area contributed by atoms with Crippen molar-refractivity contribution in [2.45, 2.75) is 32.6 Å². The van der Waals surface area contributed by atoms with Gasteiger partial charge in [-0.3, -0.25) is 4.79 Å². The van der Waals surface area contributed by atoms with Crippen LogP contribution in [0.4, 0.5) is 4.79 Å². The molecule has 1 aromatic rings. The number of aliphatic carboxylic acids is 1. The second-order valence-corrected chi connectivity index (χ2v) is 5.06. The third-order valence-electron chi connectivity index (χ3n) is 3.49. The molecule has 0 radical (unpaired) electrons. The Kier molecular flexibility index (Phi) is 7.29. The second kappa shape index (κ2) is 9.00. The number of rotatable bonds is 8. The van der Waals surface area contributed by atoms with Crippen molar-refractivity contribution in [2.75, 3.05) is 19.6 Å². The lowest BCUT2D eigenvalue weighted by atomic mass is 9.98. The van der Waals surface area contributed by atoms with E-state index in [1.807, 2.05) is 25.1 Å². The third kappa shape index (κ3) is 6.29. The summed E-state index contributed by atoms with van der Waals surface area (Å²) in [6.07, 6.45) is 0.827. The first-order valence-electron chi connectivity index (χ1n) is 7.34. The van der Waals surface area contributed by atoms with Gasteiger partial charge in [-0.2, -0.15) is 0 Å². The zero-order valence-corrected chi connectivity index (χ0v) is 12.7. The lowest BCUT2D eigenvalue weighted by molar-refractivity contribution is -0.137. The van der Waals surface area contributed by atoms with Crippen LogP contribution in [0.1, 0.15) is 38.2 Å². The Balaban J connectivity index is 2.33. The number of urea groups is 1. The van der Waals surface area contributed by atoms with Gasteiger partial charge in [0.1, 0.15) is 0 Å². The van der Waals surface area contributed by atoms with E-state index < -0.39 is 5.97 Å². The van der Waals surface area contributed by atoms with Crippen LogP contribution in [0.5, 0.6) is 0 Å². The SMILES string of the molecule is CCN(CCC(=O)O)C(=O)NCCC(C)c1ccccc1. The molecule has 0 aromatic heterocycles. The summed E-state index contributed by atoms with van der Waals surface area (Å²) in [5, 5.41) is 11.5. The van der Waals surface area contributed by atoms with Crippen LogP contribution >= 0.6 is 0 Å². The van der Waals surface area contributed by atoms with Crippen molar-refractivity contribution < 1.29 is 14.7 Å². The van der Waals surface area contributed by atoms with E-state index >= 15 is 0 Å². The van der Waals surface area contributed by atoms with Crippen LogP contribution in [0, 0.1) is 0 Å². The zero-order valence-electron chi connectivity index (χ0n) is 12.7. The van der Waals surface area contributed by atoms with Crippen LogP contribution < -0.4 is 5.32 Å². The Bertz CT molecular complexity index is 448. The third-order valence-corrected chi connectivity index (χ3v) is 3.49. The number of carbonyl (C=O) groups excluding carboxylic acids is 1. The normalized spacial score (nSPS) is 11.7. The fourth-order valence-electron chi connectivity index (χ4n) is 2.09. The molecule has 21 heavy (non-hydrogen) atoms. The van der Waals surface area contributed by atoms with Gasteiger partial charge < -0.3 is 15.3 Å². The van der Waals surface area contributed by atoms with Crippen molar-refractivity contribution in [3.8, 4) is 0 Å². The van der Waals surface area contributed by atoms with Crippen LogP contribution in [0.15, 0.2) is 30.3 Å². The van der Waals surface area contributed by atoms with E-state index in [-0.39, 0.29) is 19.0 Å². The van der Waals surface area contributed by atoms with Crippen LogP contribution in [0.25, 0.3) is 0 Å². The van der Waals surface area contributed by atoms with Crippen molar-refractivity contribution in [1.29, 1.82) is 0 Å². The van der Waals surface area contributed by atoms with E-state index in [0.29, 0.717) is 19.0 Å². The Hall–Kier alpha value is -2.04. The summed E-state index contributed by atoms with van der Waals surface area (Å²) in [6.45, 7) is 5.30. The van der Waals surface area contributed by atoms with E-state index in [4.69, 9.17) is 5.11 Å². The fourth-order valence-corrected chi connectivity index (χ4v) is 2.09. The largest absolute Gasteiger partial charge is 0.481 e. The number of benzene rings is 1. The van der Waals surface area contributed by atoms with Crippen molar-refractivity contribution in [2.24, 2.45) is 0 Å². The number of hydrogen-bond donors (Lipinski definition) is 2. The molecule has 0 spiro atoms. The molecule has 1 rings (SSSR count). The second-order valence-electron chi connectivity index (χ2n) is 5.06. The summed E-state index contributed by atoms with van der Waals surface area (Å²) in [6, 6.07) is 9.97. The maximum Gasteiger partial charge on any atom is 0.317 e. The van der Waals surface area contributed by atoms with Gasteiger partial charge in [0, 0.05) is 19.6 Å². The molecule has 2 amide bonds. The van der Waals surface area contributed by atoms with E-state index in [9.17, 15) is 9.59 Å². The number of hydrogen-bond acceptors (Lipinski definition) is 2. The number of nitrogens with zero attached hydrogens (tertiary/aromatic N) is 1. The highest BCUT2D eigenvalue weighted by Crippen LogP contribution is 2.17. The summed E-state index contributed by atoms with van der Waals surface area (Å²) in [5.41, 5.74) is 1.25. The van der Waals surface area contributed by atoms with Gasteiger partial charge in [-0.25, -0.2) is 4.79 Å². The van der Waals surface area contributed by atoms with Crippen molar-refractivity contribution in [3.63, 3.8) is 0 Å². The van der Waals surface area contributed by atoms with Crippen LogP contribution in [-0.2, 0) is 4.79 Å². The lowest BCUT2D eigenvalue weighted by Crippen LogP contribution is -2.41. The number of carboxylic acid groups (broad SMARTS) is 1. The number of carboxylic acids is 1. The first-order valence-corrected chi connectivity index (χ1v) is 7.34. The van der Waals surface area contributed by atoms with Gasteiger partial charge in [0.25, 0.3) is 0 Å². The molecule has 0 heterocycles. The highest BCUT2D eigenvalue weighted by Gasteiger charge is 2.13. The topological polar surface area (TPSA) is 69.6 Å². The Labute approximate surface area is 126 Å². The summed E-state index contributed by atoms with van der Waals surface area (Å²) >= 11 is 0. The average molecular weight is 292 g/mol. The van der Waals surface area contributed by atoms with E-state index in [1.165, 1.54) is 10.5 Å². The van der Waals surface area contributed by atoms with E-state index in [2.05, 4.69) is 24.4 Å². The van der Waals surface area contributed by atoms with E-state index in [1.54, 1.807) is 0 Å². The minimum atomic E-state index is -0.890. The predicted octanol–water partition coefficient (Wildman–Crippen LogP) is 2.69. The minimum Gasteiger partial charge on any atom is -0.481 e. The van der Waals surface area contributed by atoms with Gasteiger partial charge in [-0.1, -0.05) is 37.3 Å². The summed E-state index contributed by atoms with van der Waals surface area (Å²) < 4.78 is 0. The minimum absolute atomic E-state index is 0.0261. The van der Waals surface area contributed by atoms with Gasteiger partial charge in [0.15, 0.2) is 0 Å². The molecule has 0 aliphatic rings. The first-order chi connectivity index (χ1) is 10.0. The quantitative estimate of drug-likeness (QED) is 0.774. The molecule has 1 unspecified atom stereocenters. The molecular weight excluding hydrogens is 268 g/mol. The molecule has 1 aromatic carbocycles. The summed E-state index contributed by atoms with van der Waals surface area (Å²) in [5.74, 6) is -0.514. The first kappa shape index (κ1) is 17.0. The number of nitrogens with one attached hydrogen (secondary N) is 1. The molecule has 116 valence electrons. The van der Waals surface area contributed by atoms with Crippen molar-refractivity contribution in [3.05, 3.63) is 35.9 Å². The molecule has 1 atom stereocenters. The molecule has 5 nitrogen and oxygen atoms in total. The Morgan fingerprint density at radius 3 is 2.52 bits per heavy atom. The van der Waals surface area contributed by atoms with Crippen molar-refractivity contribution in [1.82, 2.24) is 10.2 Å². The Morgan fingerprint density at radius 2 is 1.95 bits per heavy atom. The van der Waals surface area contributed by atoms with Gasteiger partial charge in [0.2, 0.25) is 0 Å². The average Bonchev–Trinajstić information content (AvgIpc) is 2.48. The Morgan fingerprint density at radius 1 is 1.29 bits per heavy atom. The molecule has 2 N–H and O–H groups in total. The fraction of sp³-hybridized carbons (Fsp3) is 0.500. The zero-order chi connectivity index (χ0) is 15.7. The summed E-state index contributed by atoms with van der Waals surface area (Å²) in [4.78, 5) is 24.0. The molecule has 0 aliphatic carbocycles. The van der Waals surface area contributed by atoms with Crippen LogP contribution in [-0.4, -0.2) is 41.6 Å². The molecule has 0 saturated heterocycles. The van der Waals surface area contributed by atoms with Gasteiger partial charge in [0.05, 0.1) is 6.42 Å². The maximum absolute atomic E-state index is 11.9. The van der Waals surface area contributed by atoms with Crippen molar-refractivity contribution >= 4 is 12.0 Å². The van der Waals surface area contributed by atoms with Gasteiger partial charge in [-0.05, 0) is 24.8 Å². The van der Waals surface area contributed by atoms with E-state index in [0.717, 1.165) is 6.42 Å². The lowest BCUT2D eigenvalue weighted by Gasteiger charge is -2.21. The molecule has 0 bridgehead atoms. The number of amides is 2. The number of carbonyl (C=O) groups is 2. The molecule has 0 saturated carbocycles. The smallest absolute Gasteiger partial charge is 0.317 e. The standard InChI is InChI=1S/C16H24N2O3/c1-3-18(12-10-15(19)20)16(21)17-11-9-13(2)14-7-5-4-6-8-14/h4-8,13H,3,9-12H2,1-2H3,(H,17,21)(H,19,20). The molecule has 0 fully saturated rings. The van der Waals surface area contributed by atoms with Gasteiger partial charge in [-0.15, -0.1) is 0 Å². The van der Waals surface area contributed by atoms with Crippen LogP contribution in [0.3, 0.4) is 0 Å². The maximum atomic E-state index is 11.9. The molecule has 0 aliphatic heterocycles. The van der Waals surface area contributed by atoms with Crippen LogP contribution in [0.2, 0.25) is 0 Å². The summed E-state index contributed by atoms with van der Waals surface area (Å²) in [7, 11) is 0. The monoisotopic (exact) mass is 292 g/mol. The van der Waals surface area contributed by atoms with Gasteiger partial charge >= 0.3 is 12.0 Å². The molecule has 5 heteroatoms. The highest BCUT2D eigenvalue weighted by molar-refractivity contribution is 5.75.